The molecule has 4 N–H and O–H groups in total. The first-order valence-corrected chi connectivity index (χ1v) is 10.9. The molecule has 0 radical (unpaired) electrons. The van der Waals surface area contributed by atoms with Crippen LogP contribution in [0.1, 0.15) is 48.9 Å². The first-order chi connectivity index (χ1) is 15.7. The van der Waals surface area contributed by atoms with E-state index in [4.69, 9.17) is 9.84 Å². The Morgan fingerprint density at radius 2 is 2.00 bits per heavy atom. The topological polar surface area (TPSA) is 126 Å². The highest BCUT2D eigenvalue weighted by Gasteiger charge is 2.24. The van der Waals surface area contributed by atoms with Gasteiger partial charge in [-0.15, -0.1) is 0 Å². The second-order valence-electron chi connectivity index (χ2n) is 7.82. The number of pyridine rings is 1. The second-order valence-corrected chi connectivity index (χ2v) is 7.82. The van der Waals surface area contributed by atoms with Crippen LogP contribution in [0.3, 0.4) is 0 Å². The van der Waals surface area contributed by atoms with Crippen molar-refractivity contribution in [3.05, 3.63) is 36.2 Å². The van der Waals surface area contributed by atoms with Gasteiger partial charge in [0.25, 0.3) is 5.91 Å². The van der Waals surface area contributed by atoms with Gasteiger partial charge in [0, 0.05) is 32.5 Å². The van der Waals surface area contributed by atoms with E-state index in [0.717, 1.165) is 50.7 Å². The smallest absolute Gasteiger partial charge is 0.256 e. The Hall–Kier alpha value is -3.40. The van der Waals surface area contributed by atoms with E-state index in [-0.39, 0.29) is 18.1 Å². The highest BCUT2D eigenvalue weighted by atomic mass is 16.5. The van der Waals surface area contributed by atoms with Gasteiger partial charge in [-0.2, -0.15) is 9.61 Å². The van der Waals surface area contributed by atoms with E-state index in [1.54, 1.807) is 16.9 Å². The molecule has 2 fully saturated rings. The van der Waals surface area contributed by atoms with Gasteiger partial charge in [-0.25, -0.2) is 9.97 Å². The lowest BCUT2D eigenvalue weighted by Gasteiger charge is -2.26. The largest absolute Gasteiger partial charge is 0.473 e. The van der Waals surface area contributed by atoms with Crippen LogP contribution < -0.4 is 20.7 Å². The summed E-state index contributed by atoms with van der Waals surface area (Å²) >= 11 is 0. The van der Waals surface area contributed by atoms with E-state index in [0.29, 0.717) is 22.9 Å². The van der Waals surface area contributed by atoms with Crippen LogP contribution in [-0.4, -0.2) is 56.9 Å². The maximum atomic E-state index is 12.7. The van der Waals surface area contributed by atoms with Gasteiger partial charge in [0.15, 0.2) is 5.65 Å². The maximum Gasteiger partial charge on any atom is 0.256 e. The summed E-state index contributed by atoms with van der Waals surface area (Å²) in [6.07, 6.45) is 10.0. The van der Waals surface area contributed by atoms with E-state index >= 15 is 0 Å². The van der Waals surface area contributed by atoms with Gasteiger partial charge >= 0.3 is 0 Å². The Labute approximate surface area is 186 Å². The number of ether oxygens (including phenoxy) is 1. The first kappa shape index (κ1) is 21.8. The number of anilines is 3. The minimum Gasteiger partial charge on any atom is -0.473 e. The number of hydrogen-bond acceptors (Lipinski definition) is 8. The Morgan fingerprint density at radius 3 is 2.66 bits per heavy atom. The second kappa shape index (κ2) is 9.82. The van der Waals surface area contributed by atoms with E-state index in [1.165, 1.54) is 6.42 Å². The SMILES string of the molecule is CNc1cc(Nc2cccnc2OC2CCC2)nc2c(C(=O)NC3CCC3)cnn12.CO. The Kier molecular flexibility index (Phi) is 6.69. The summed E-state index contributed by atoms with van der Waals surface area (Å²) in [5.74, 6) is 1.72. The van der Waals surface area contributed by atoms with Crippen LogP contribution in [0.5, 0.6) is 5.88 Å². The number of amides is 1. The van der Waals surface area contributed by atoms with Crippen molar-refractivity contribution in [2.75, 3.05) is 24.8 Å². The monoisotopic (exact) mass is 439 g/mol. The van der Waals surface area contributed by atoms with Gasteiger partial charge in [0.1, 0.15) is 29.0 Å². The van der Waals surface area contributed by atoms with Crippen molar-refractivity contribution in [3.8, 4) is 5.88 Å². The van der Waals surface area contributed by atoms with E-state index in [2.05, 4.69) is 31.0 Å². The van der Waals surface area contributed by atoms with Crippen LogP contribution in [0.25, 0.3) is 5.65 Å². The predicted octanol–water partition coefficient (Wildman–Crippen LogP) is 2.73. The summed E-state index contributed by atoms with van der Waals surface area (Å²) < 4.78 is 7.64. The standard InChI is InChI=1S/C21H25N7O2.CH4O/c1-22-18-11-17(26-16-9-4-10-23-21(16)30-14-7-3-8-14)27-19-15(12-24-28(18)19)20(29)25-13-5-2-6-13;1-2/h4,9-14,22H,2-3,5-8H2,1H3,(H,25,29)(H,26,27);2H,1H3. The lowest BCUT2D eigenvalue weighted by Crippen LogP contribution is -2.39. The minimum atomic E-state index is -0.142. The molecule has 2 aliphatic rings. The molecule has 0 aromatic carbocycles. The summed E-state index contributed by atoms with van der Waals surface area (Å²) in [4.78, 5) is 21.8. The average Bonchev–Trinajstić information content (AvgIpc) is 3.19. The van der Waals surface area contributed by atoms with E-state index in [9.17, 15) is 4.79 Å². The van der Waals surface area contributed by atoms with Crippen LogP contribution in [0, 0.1) is 0 Å². The van der Waals surface area contributed by atoms with Gasteiger partial charge in [-0.05, 0) is 50.7 Å². The molecule has 3 heterocycles. The number of aliphatic hydroxyl groups is 1. The summed E-state index contributed by atoms with van der Waals surface area (Å²) in [5.41, 5.74) is 1.69. The van der Waals surface area contributed by atoms with Crippen molar-refractivity contribution in [2.24, 2.45) is 0 Å². The molecule has 2 aliphatic carbocycles. The summed E-state index contributed by atoms with van der Waals surface area (Å²) in [6, 6.07) is 5.85. The van der Waals surface area contributed by atoms with Crippen molar-refractivity contribution in [1.29, 1.82) is 0 Å². The molecule has 32 heavy (non-hydrogen) atoms. The number of carbonyl (C=O) groups excluding carboxylic acids is 1. The fraction of sp³-hybridized carbons (Fsp3) is 0.455. The fourth-order valence-electron chi connectivity index (χ4n) is 3.55. The van der Waals surface area contributed by atoms with Crippen LogP contribution in [0.2, 0.25) is 0 Å². The van der Waals surface area contributed by atoms with Crippen LogP contribution in [0.4, 0.5) is 17.3 Å². The van der Waals surface area contributed by atoms with Crippen molar-refractivity contribution < 1.29 is 14.6 Å². The molecule has 0 unspecified atom stereocenters. The molecule has 0 atom stereocenters. The molecule has 2 saturated carbocycles. The number of rotatable bonds is 7. The summed E-state index contributed by atoms with van der Waals surface area (Å²) in [7, 11) is 2.81. The van der Waals surface area contributed by atoms with Gasteiger partial charge in [0.2, 0.25) is 5.88 Å². The molecule has 3 aromatic rings. The average molecular weight is 440 g/mol. The van der Waals surface area contributed by atoms with Crippen LogP contribution in [-0.2, 0) is 0 Å². The molecule has 10 nitrogen and oxygen atoms in total. The molecule has 0 saturated heterocycles. The molecular weight excluding hydrogens is 410 g/mol. The van der Waals surface area contributed by atoms with Gasteiger partial charge in [0.05, 0.1) is 6.20 Å². The third-order valence-corrected chi connectivity index (χ3v) is 5.78. The number of aliphatic hydroxyl groups excluding tert-OH is 1. The summed E-state index contributed by atoms with van der Waals surface area (Å²) in [6.45, 7) is 0. The number of fused-ring (bicyclic) bond motifs is 1. The number of nitrogens with zero attached hydrogens (tertiary/aromatic N) is 4. The highest BCUT2D eigenvalue weighted by molar-refractivity contribution is 6.00. The van der Waals surface area contributed by atoms with Gasteiger partial charge < -0.3 is 25.8 Å². The lowest BCUT2D eigenvalue weighted by molar-refractivity contribution is 0.0918. The Balaban J connectivity index is 0.00000119. The van der Waals surface area contributed by atoms with Crippen LogP contribution in [0.15, 0.2) is 30.6 Å². The number of carbonyl (C=O) groups is 1. The number of aromatic nitrogens is 4. The molecule has 0 aliphatic heterocycles. The van der Waals surface area contributed by atoms with Gasteiger partial charge in [-0.1, -0.05) is 0 Å². The molecule has 3 aromatic heterocycles. The third-order valence-electron chi connectivity index (χ3n) is 5.78. The number of nitrogens with one attached hydrogen (secondary N) is 3. The zero-order valence-corrected chi connectivity index (χ0v) is 18.3. The first-order valence-electron chi connectivity index (χ1n) is 10.9. The minimum absolute atomic E-state index is 0.142. The van der Waals surface area contributed by atoms with Crippen molar-refractivity contribution >= 4 is 28.9 Å². The zero-order chi connectivity index (χ0) is 22.5. The van der Waals surface area contributed by atoms with E-state index < -0.39 is 0 Å². The molecule has 170 valence electrons. The van der Waals surface area contributed by atoms with Gasteiger partial charge in [-0.3, -0.25) is 4.79 Å². The lowest BCUT2D eigenvalue weighted by atomic mass is 9.93. The molecule has 1 amide bonds. The molecular formula is C22H29N7O3. The molecule has 5 rings (SSSR count). The highest BCUT2D eigenvalue weighted by Crippen LogP contribution is 2.31. The number of hydrogen-bond donors (Lipinski definition) is 4. The van der Waals surface area contributed by atoms with Crippen LogP contribution >= 0.6 is 0 Å². The maximum absolute atomic E-state index is 12.7. The Morgan fingerprint density at radius 1 is 1.22 bits per heavy atom. The Bertz CT molecular complexity index is 1080. The van der Waals surface area contributed by atoms with Crippen molar-refractivity contribution in [1.82, 2.24) is 24.9 Å². The quantitative estimate of drug-likeness (QED) is 0.443. The molecule has 10 heteroatoms. The predicted molar refractivity (Wildman–Crippen MR) is 122 cm³/mol. The zero-order valence-electron chi connectivity index (χ0n) is 18.3. The fourth-order valence-corrected chi connectivity index (χ4v) is 3.55. The summed E-state index contributed by atoms with van der Waals surface area (Å²) in [5, 5.41) is 20.8. The third kappa shape index (κ3) is 4.45. The van der Waals surface area contributed by atoms with Crippen molar-refractivity contribution in [2.45, 2.75) is 50.7 Å². The normalized spacial score (nSPS) is 15.7. The molecule has 0 bridgehead atoms. The van der Waals surface area contributed by atoms with Crippen molar-refractivity contribution in [3.63, 3.8) is 0 Å². The van der Waals surface area contributed by atoms with E-state index in [1.807, 2.05) is 25.2 Å². The molecule has 0 spiro atoms.